The van der Waals surface area contributed by atoms with Gasteiger partial charge in [0.2, 0.25) is 11.8 Å². The van der Waals surface area contributed by atoms with Crippen LogP contribution in [0, 0.1) is 0 Å². The number of sulfonamides is 1. The molecular formula is C32H41N3O7S. The van der Waals surface area contributed by atoms with Gasteiger partial charge in [-0.15, -0.1) is 0 Å². The zero-order valence-electron chi connectivity index (χ0n) is 25.4. The van der Waals surface area contributed by atoms with Crippen LogP contribution < -0.4 is 23.8 Å². The van der Waals surface area contributed by atoms with E-state index in [2.05, 4.69) is 5.32 Å². The Morgan fingerprint density at radius 2 is 1.44 bits per heavy atom. The first kappa shape index (κ1) is 33.3. The van der Waals surface area contributed by atoms with Crippen molar-refractivity contribution in [3.05, 3.63) is 78.4 Å². The lowest BCUT2D eigenvalue weighted by Crippen LogP contribution is -2.52. The number of carbonyl (C=O) groups is 2. The minimum Gasteiger partial charge on any atom is -0.497 e. The van der Waals surface area contributed by atoms with E-state index in [0.717, 1.165) is 22.7 Å². The van der Waals surface area contributed by atoms with Crippen LogP contribution in [0.5, 0.6) is 17.2 Å². The third-order valence-corrected chi connectivity index (χ3v) is 8.78. The van der Waals surface area contributed by atoms with Crippen molar-refractivity contribution >= 4 is 27.5 Å². The number of benzene rings is 3. The highest BCUT2D eigenvalue weighted by atomic mass is 32.2. The SMILES string of the molecule is CCCCNC(=O)C(CC)N(Cc1ccc(OC)cc1)C(=O)CN(c1ccccc1OC)S(=O)(=O)c1ccc(OC)cc1. The number of para-hydroxylation sites is 2. The molecule has 0 heterocycles. The van der Waals surface area contributed by atoms with Crippen LogP contribution in [-0.4, -0.2) is 65.6 Å². The van der Waals surface area contributed by atoms with E-state index >= 15 is 0 Å². The van der Waals surface area contributed by atoms with Crippen molar-refractivity contribution in [1.82, 2.24) is 10.2 Å². The predicted molar refractivity (Wildman–Crippen MR) is 166 cm³/mol. The van der Waals surface area contributed by atoms with Crippen LogP contribution in [0.25, 0.3) is 0 Å². The molecule has 3 aromatic carbocycles. The van der Waals surface area contributed by atoms with E-state index in [1.54, 1.807) is 55.6 Å². The average Bonchev–Trinajstić information content (AvgIpc) is 3.03. The second-order valence-corrected chi connectivity index (χ2v) is 11.7. The smallest absolute Gasteiger partial charge is 0.264 e. The standard InChI is InChI=1S/C32H41N3O7S/c1-6-8-21-33-32(37)28(7-2)34(22-24-13-15-25(40-3)16-14-24)31(36)23-35(29-11-9-10-12-30(29)42-5)43(38,39)27-19-17-26(41-4)18-20-27/h9-20,28H,6-8,21-23H2,1-5H3,(H,33,37). The number of carbonyl (C=O) groups excluding carboxylic acids is 2. The second-order valence-electron chi connectivity index (χ2n) is 9.80. The van der Waals surface area contributed by atoms with Crippen LogP contribution in [0.1, 0.15) is 38.7 Å². The van der Waals surface area contributed by atoms with Gasteiger partial charge in [0.15, 0.2) is 0 Å². The van der Waals surface area contributed by atoms with E-state index in [1.165, 1.54) is 31.3 Å². The molecule has 0 radical (unpaired) electrons. The van der Waals surface area contributed by atoms with Crippen LogP contribution in [0.15, 0.2) is 77.7 Å². The summed E-state index contributed by atoms with van der Waals surface area (Å²) in [6.07, 6.45) is 2.04. The van der Waals surface area contributed by atoms with Gasteiger partial charge in [-0.1, -0.05) is 44.5 Å². The molecule has 0 aromatic heterocycles. The van der Waals surface area contributed by atoms with Gasteiger partial charge in [-0.05, 0) is 66.9 Å². The minimum absolute atomic E-state index is 0.0296. The lowest BCUT2D eigenvalue weighted by Gasteiger charge is -2.33. The first-order valence-corrected chi connectivity index (χ1v) is 15.6. The molecule has 0 fully saturated rings. The summed E-state index contributed by atoms with van der Waals surface area (Å²) >= 11 is 0. The molecule has 1 atom stereocenters. The van der Waals surface area contributed by atoms with Gasteiger partial charge in [0.1, 0.15) is 29.8 Å². The van der Waals surface area contributed by atoms with Crippen LogP contribution >= 0.6 is 0 Å². The largest absolute Gasteiger partial charge is 0.497 e. The Bertz CT molecular complexity index is 1440. The fraction of sp³-hybridized carbons (Fsp3) is 0.375. The van der Waals surface area contributed by atoms with Gasteiger partial charge in [-0.3, -0.25) is 13.9 Å². The van der Waals surface area contributed by atoms with Gasteiger partial charge in [0, 0.05) is 13.1 Å². The van der Waals surface area contributed by atoms with Crippen LogP contribution in [0.3, 0.4) is 0 Å². The number of rotatable bonds is 16. The second kappa shape index (κ2) is 15.8. The predicted octanol–water partition coefficient (Wildman–Crippen LogP) is 4.63. The maximum atomic E-state index is 14.2. The molecule has 1 N–H and O–H groups in total. The maximum Gasteiger partial charge on any atom is 0.264 e. The van der Waals surface area contributed by atoms with Crippen LogP contribution in [0.2, 0.25) is 0 Å². The Morgan fingerprint density at radius 1 is 0.837 bits per heavy atom. The number of ether oxygens (including phenoxy) is 3. The first-order valence-electron chi connectivity index (χ1n) is 14.2. The molecule has 1 unspecified atom stereocenters. The van der Waals surface area contributed by atoms with E-state index in [4.69, 9.17) is 14.2 Å². The highest BCUT2D eigenvalue weighted by Crippen LogP contribution is 2.33. The van der Waals surface area contributed by atoms with Crippen molar-refractivity contribution in [2.75, 3.05) is 38.7 Å². The molecular weight excluding hydrogens is 570 g/mol. The summed E-state index contributed by atoms with van der Waals surface area (Å²) in [6, 6.07) is 18.9. The monoisotopic (exact) mass is 611 g/mol. The minimum atomic E-state index is -4.26. The molecule has 0 saturated heterocycles. The van der Waals surface area contributed by atoms with E-state index < -0.39 is 28.5 Å². The summed E-state index contributed by atoms with van der Waals surface area (Å²) in [5.41, 5.74) is 0.954. The highest BCUT2D eigenvalue weighted by molar-refractivity contribution is 7.92. The lowest BCUT2D eigenvalue weighted by atomic mass is 10.1. The number of amides is 2. The molecule has 0 saturated carbocycles. The number of hydrogen-bond donors (Lipinski definition) is 1. The third-order valence-electron chi connectivity index (χ3n) is 7.01. The van der Waals surface area contributed by atoms with Crippen molar-refractivity contribution in [3.63, 3.8) is 0 Å². The van der Waals surface area contributed by atoms with Gasteiger partial charge in [-0.2, -0.15) is 0 Å². The molecule has 3 aromatic rings. The van der Waals surface area contributed by atoms with Gasteiger partial charge in [0.05, 0.1) is 31.9 Å². The molecule has 0 aliphatic heterocycles. The topological polar surface area (TPSA) is 114 Å². The Hall–Kier alpha value is -4.25. The lowest BCUT2D eigenvalue weighted by molar-refractivity contribution is -0.140. The van der Waals surface area contributed by atoms with Crippen molar-refractivity contribution in [2.45, 2.75) is 50.6 Å². The molecule has 10 nitrogen and oxygen atoms in total. The maximum absolute atomic E-state index is 14.2. The zero-order valence-corrected chi connectivity index (χ0v) is 26.2. The quantitative estimate of drug-likeness (QED) is 0.235. The summed E-state index contributed by atoms with van der Waals surface area (Å²) in [5.74, 6) is 0.581. The van der Waals surface area contributed by atoms with Crippen molar-refractivity contribution in [1.29, 1.82) is 0 Å². The van der Waals surface area contributed by atoms with Gasteiger partial charge < -0.3 is 24.4 Å². The van der Waals surface area contributed by atoms with Gasteiger partial charge in [0.25, 0.3) is 10.0 Å². The fourth-order valence-corrected chi connectivity index (χ4v) is 6.00. The Balaban J connectivity index is 2.07. The summed E-state index contributed by atoms with van der Waals surface area (Å²) in [5, 5.41) is 2.93. The molecule has 2 amide bonds. The summed E-state index contributed by atoms with van der Waals surface area (Å²) in [7, 11) is 0.227. The molecule has 232 valence electrons. The van der Waals surface area contributed by atoms with Crippen molar-refractivity contribution in [3.8, 4) is 17.2 Å². The van der Waals surface area contributed by atoms with Crippen LogP contribution in [-0.2, 0) is 26.2 Å². The fourth-order valence-electron chi connectivity index (χ4n) is 4.58. The third kappa shape index (κ3) is 8.41. The normalized spacial score (nSPS) is 11.7. The molecule has 11 heteroatoms. The van der Waals surface area contributed by atoms with Gasteiger partial charge in [-0.25, -0.2) is 8.42 Å². The first-order chi connectivity index (χ1) is 20.7. The van der Waals surface area contributed by atoms with Crippen molar-refractivity contribution < 1.29 is 32.2 Å². The molecule has 0 bridgehead atoms. The number of methoxy groups -OCH3 is 3. The number of anilines is 1. The molecule has 0 aliphatic rings. The summed E-state index contributed by atoms with van der Waals surface area (Å²) in [6.45, 7) is 3.85. The van der Waals surface area contributed by atoms with Crippen LogP contribution in [0.4, 0.5) is 5.69 Å². The van der Waals surface area contributed by atoms with E-state index in [0.29, 0.717) is 24.5 Å². The number of nitrogens with zero attached hydrogens (tertiary/aromatic N) is 2. The Labute approximate surface area is 254 Å². The molecule has 3 rings (SSSR count). The zero-order chi connectivity index (χ0) is 31.4. The molecule has 0 spiro atoms. The number of nitrogens with one attached hydrogen (secondary N) is 1. The molecule has 0 aliphatic carbocycles. The van der Waals surface area contributed by atoms with Crippen molar-refractivity contribution in [2.24, 2.45) is 0 Å². The average molecular weight is 612 g/mol. The Morgan fingerprint density at radius 3 is 2.00 bits per heavy atom. The Kier molecular flexibility index (Phi) is 12.2. The van der Waals surface area contributed by atoms with E-state index in [1.807, 2.05) is 26.0 Å². The molecule has 43 heavy (non-hydrogen) atoms. The van der Waals surface area contributed by atoms with E-state index in [-0.39, 0.29) is 28.8 Å². The summed E-state index contributed by atoms with van der Waals surface area (Å²) in [4.78, 5) is 29.0. The van der Waals surface area contributed by atoms with E-state index in [9.17, 15) is 18.0 Å². The highest BCUT2D eigenvalue weighted by Gasteiger charge is 2.34. The summed E-state index contributed by atoms with van der Waals surface area (Å²) < 4.78 is 45.2. The number of unbranched alkanes of at least 4 members (excludes halogenated alkanes) is 1. The van der Waals surface area contributed by atoms with Gasteiger partial charge >= 0.3 is 0 Å². The number of hydrogen-bond acceptors (Lipinski definition) is 7.